The van der Waals surface area contributed by atoms with Crippen LogP contribution in [0, 0.1) is 5.82 Å². The molecule has 0 saturated heterocycles. The number of halogens is 2. The van der Waals surface area contributed by atoms with Crippen molar-refractivity contribution in [1.29, 1.82) is 0 Å². The summed E-state index contributed by atoms with van der Waals surface area (Å²) in [6, 6.07) is 28.7. The van der Waals surface area contributed by atoms with Gasteiger partial charge in [0.2, 0.25) is 0 Å². The molecule has 4 aromatic carbocycles. The van der Waals surface area contributed by atoms with E-state index in [0.29, 0.717) is 17.9 Å². The van der Waals surface area contributed by atoms with Crippen LogP contribution in [0.25, 0.3) is 11.3 Å². The Hall–Kier alpha value is -4.34. The van der Waals surface area contributed by atoms with Gasteiger partial charge in [-0.3, -0.25) is 4.79 Å². The Balaban J connectivity index is 1.14. The van der Waals surface area contributed by atoms with E-state index >= 15 is 0 Å². The Bertz CT molecular complexity index is 1590. The Kier molecular flexibility index (Phi) is 8.40. The quantitative estimate of drug-likeness (QED) is 0.134. The van der Waals surface area contributed by atoms with Gasteiger partial charge in [0.1, 0.15) is 18.2 Å². The minimum Gasteiger partial charge on any atom is -0.488 e. The van der Waals surface area contributed by atoms with Crippen LogP contribution in [-0.2, 0) is 6.61 Å². The molecular formula is C30H22BrFN4O2S. The maximum atomic E-state index is 13.1. The summed E-state index contributed by atoms with van der Waals surface area (Å²) in [5.74, 6) is 0.0406. The molecule has 0 radical (unpaired) electrons. The van der Waals surface area contributed by atoms with Gasteiger partial charge in [0.15, 0.2) is 5.13 Å². The van der Waals surface area contributed by atoms with Crippen molar-refractivity contribution in [3.05, 3.63) is 129 Å². The van der Waals surface area contributed by atoms with Crippen LogP contribution in [0.3, 0.4) is 0 Å². The zero-order chi connectivity index (χ0) is 27.0. The molecule has 9 heteroatoms. The maximum absolute atomic E-state index is 13.1. The van der Waals surface area contributed by atoms with Crippen LogP contribution in [0.2, 0.25) is 0 Å². The van der Waals surface area contributed by atoms with Gasteiger partial charge in [-0.15, -0.1) is 11.3 Å². The average molecular weight is 602 g/mol. The summed E-state index contributed by atoms with van der Waals surface area (Å²) in [5, 5.41) is 10.1. The Labute approximate surface area is 237 Å². The topological polar surface area (TPSA) is 75.6 Å². The van der Waals surface area contributed by atoms with E-state index < -0.39 is 0 Å². The first kappa shape index (κ1) is 26.3. The molecule has 0 saturated carbocycles. The molecule has 39 heavy (non-hydrogen) atoms. The highest BCUT2D eigenvalue weighted by Crippen LogP contribution is 2.28. The fourth-order valence-corrected chi connectivity index (χ4v) is 4.84. The number of rotatable bonds is 9. The van der Waals surface area contributed by atoms with Crippen LogP contribution in [0.4, 0.5) is 15.2 Å². The van der Waals surface area contributed by atoms with Gasteiger partial charge in [0.05, 0.1) is 16.4 Å². The van der Waals surface area contributed by atoms with E-state index in [4.69, 9.17) is 4.74 Å². The van der Waals surface area contributed by atoms with Crippen LogP contribution in [0.5, 0.6) is 5.75 Å². The number of hydrogen-bond donors (Lipinski definition) is 2. The summed E-state index contributed by atoms with van der Waals surface area (Å²) in [7, 11) is 0. The Morgan fingerprint density at radius 3 is 2.51 bits per heavy atom. The van der Waals surface area contributed by atoms with Crippen molar-refractivity contribution in [3.8, 4) is 17.0 Å². The lowest BCUT2D eigenvalue weighted by atomic mass is 10.1. The lowest BCUT2D eigenvalue weighted by molar-refractivity contribution is 0.0955. The van der Waals surface area contributed by atoms with Crippen molar-refractivity contribution in [1.82, 2.24) is 10.4 Å². The minimum atomic E-state index is -0.319. The molecule has 0 aliphatic heterocycles. The lowest BCUT2D eigenvalue weighted by Crippen LogP contribution is -2.17. The number of anilines is 2. The monoisotopic (exact) mass is 600 g/mol. The summed E-state index contributed by atoms with van der Waals surface area (Å²) in [5.41, 5.74) is 7.40. The number of aromatic nitrogens is 1. The molecule has 1 heterocycles. The zero-order valence-electron chi connectivity index (χ0n) is 20.5. The molecule has 0 bridgehead atoms. The smallest absolute Gasteiger partial charge is 0.271 e. The lowest BCUT2D eigenvalue weighted by Gasteiger charge is -2.09. The molecular weight excluding hydrogens is 579 g/mol. The molecule has 0 aliphatic rings. The van der Waals surface area contributed by atoms with E-state index in [0.717, 1.165) is 37.7 Å². The van der Waals surface area contributed by atoms with Crippen LogP contribution in [-0.4, -0.2) is 17.1 Å². The van der Waals surface area contributed by atoms with E-state index in [-0.39, 0.29) is 11.7 Å². The first-order valence-corrected chi connectivity index (χ1v) is 13.6. The molecule has 5 rings (SSSR count). The number of thiazole rings is 1. The van der Waals surface area contributed by atoms with Crippen molar-refractivity contribution < 1.29 is 13.9 Å². The minimum absolute atomic E-state index is 0.283. The number of nitrogens with zero attached hydrogens (tertiary/aromatic N) is 2. The van der Waals surface area contributed by atoms with Gasteiger partial charge >= 0.3 is 0 Å². The SMILES string of the molecule is O=C(N/N=C\c1ccc(OCc2ccc(F)cc2)c(Br)c1)c1ccc(-c2csc(Nc3ccccc3)n2)cc1. The first-order valence-electron chi connectivity index (χ1n) is 11.9. The van der Waals surface area contributed by atoms with Gasteiger partial charge < -0.3 is 10.1 Å². The molecule has 5 aromatic rings. The van der Waals surface area contributed by atoms with Crippen molar-refractivity contribution in [2.75, 3.05) is 5.32 Å². The van der Waals surface area contributed by atoms with Crippen molar-refractivity contribution >= 4 is 50.2 Å². The van der Waals surface area contributed by atoms with E-state index in [9.17, 15) is 9.18 Å². The van der Waals surface area contributed by atoms with Crippen LogP contribution in [0.1, 0.15) is 21.5 Å². The van der Waals surface area contributed by atoms with Crippen LogP contribution in [0.15, 0.2) is 112 Å². The predicted octanol–water partition coefficient (Wildman–Crippen LogP) is 7.80. The molecule has 6 nitrogen and oxygen atoms in total. The maximum Gasteiger partial charge on any atom is 0.271 e. The molecule has 2 N–H and O–H groups in total. The number of carbonyl (C=O) groups excluding carboxylic acids is 1. The van der Waals surface area contributed by atoms with E-state index in [1.165, 1.54) is 23.5 Å². The van der Waals surface area contributed by atoms with Gasteiger partial charge in [0.25, 0.3) is 5.91 Å². The Morgan fingerprint density at radius 2 is 1.77 bits per heavy atom. The second-order valence-corrected chi connectivity index (χ2v) is 10.1. The average Bonchev–Trinajstić information content (AvgIpc) is 3.42. The first-order chi connectivity index (χ1) is 19.0. The van der Waals surface area contributed by atoms with Gasteiger partial charge in [-0.2, -0.15) is 5.10 Å². The fourth-order valence-electron chi connectivity index (χ4n) is 3.59. The number of hydrazone groups is 1. The predicted molar refractivity (Wildman–Crippen MR) is 157 cm³/mol. The highest BCUT2D eigenvalue weighted by Gasteiger charge is 2.09. The summed E-state index contributed by atoms with van der Waals surface area (Å²) < 4.78 is 19.6. The Morgan fingerprint density at radius 1 is 1.00 bits per heavy atom. The zero-order valence-corrected chi connectivity index (χ0v) is 22.9. The molecule has 1 amide bonds. The van der Waals surface area contributed by atoms with Crippen molar-refractivity contribution in [2.45, 2.75) is 6.61 Å². The number of amides is 1. The highest BCUT2D eigenvalue weighted by atomic mass is 79.9. The molecule has 0 atom stereocenters. The van der Waals surface area contributed by atoms with Gasteiger partial charge in [-0.25, -0.2) is 14.8 Å². The number of benzene rings is 4. The van der Waals surface area contributed by atoms with E-state index in [1.807, 2.05) is 60.0 Å². The third kappa shape index (κ3) is 7.16. The van der Waals surface area contributed by atoms with Gasteiger partial charge in [0, 0.05) is 22.2 Å². The summed E-state index contributed by atoms with van der Waals surface area (Å²) in [6.45, 7) is 0.315. The molecule has 194 valence electrons. The third-order valence-corrected chi connectivity index (χ3v) is 6.99. The van der Waals surface area contributed by atoms with Crippen LogP contribution >= 0.6 is 27.3 Å². The number of hydrogen-bond acceptors (Lipinski definition) is 6. The molecule has 0 fully saturated rings. The van der Waals surface area contributed by atoms with E-state index in [2.05, 4.69) is 36.8 Å². The molecule has 0 aliphatic carbocycles. The third-order valence-electron chi connectivity index (χ3n) is 5.62. The van der Waals surface area contributed by atoms with Crippen molar-refractivity contribution in [3.63, 3.8) is 0 Å². The van der Waals surface area contributed by atoms with Crippen LogP contribution < -0.4 is 15.5 Å². The van der Waals surface area contributed by atoms with Crippen molar-refractivity contribution in [2.24, 2.45) is 5.10 Å². The largest absolute Gasteiger partial charge is 0.488 e. The second-order valence-electron chi connectivity index (χ2n) is 8.41. The molecule has 1 aromatic heterocycles. The standard InChI is InChI=1S/C30H22BrFN4O2S/c31-26-16-21(8-15-28(26)38-18-20-6-13-24(32)14-7-20)17-33-36-29(37)23-11-9-22(10-12-23)27-19-39-30(35-27)34-25-4-2-1-3-5-25/h1-17,19H,18H2,(H,34,35)(H,36,37)/b33-17-. The number of carbonyl (C=O) groups is 1. The van der Waals surface area contributed by atoms with E-state index in [1.54, 1.807) is 36.5 Å². The number of nitrogens with one attached hydrogen (secondary N) is 2. The molecule has 0 unspecified atom stereocenters. The summed E-state index contributed by atoms with van der Waals surface area (Å²) in [6.07, 6.45) is 1.55. The summed E-state index contributed by atoms with van der Waals surface area (Å²) >= 11 is 5.01. The van der Waals surface area contributed by atoms with Gasteiger partial charge in [-0.05, 0) is 81.7 Å². The fraction of sp³-hybridized carbons (Fsp3) is 0.0333. The summed E-state index contributed by atoms with van der Waals surface area (Å²) in [4.78, 5) is 17.2. The molecule has 0 spiro atoms. The normalized spacial score (nSPS) is 10.9. The highest BCUT2D eigenvalue weighted by molar-refractivity contribution is 9.10. The number of ether oxygens (including phenoxy) is 1. The van der Waals surface area contributed by atoms with Gasteiger partial charge in [-0.1, -0.05) is 42.5 Å². The second kappa shape index (κ2) is 12.5. The number of para-hydroxylation sites is 1.